The van der Waals surface area contributed by atoms with E-state index in [9.17, 15) is 0 Å². The summed E-state index contributed by atoms with van der Waals surface area (Å²) >= 11 is 0. The van der Waals surface area contributed by atoms with Crippen LogP contribution in [0.15, 0.2) is 54.7 Å². The summed E-state index contributed by atoms with van der Waals surface area (Å²) in [4.78, 5) is 18.9. The van der Waals surface area contributed by atoms with Crippen molar-refractivity contribution in [3.63, 3.8) is 0 Å². The van der Waals surface area contributed by atoms with Gasteiger partial charge in [-0.25, -0.2) is 8.78 Å². The molecular weight excluding hydrogens is 532 g/mol. The molecule has 1 atom stereocenters. The van der Waals surface area contributed by atoms with E-state index in [0.717, 1.165) is 64.7 Å². The van der Waals surface area contributed by atoms with E-state index in [1.54, 1.807) is 24.4 Å². The van der Waals surface area contributed by atoms with Crippen molar-refractivity contribution in [2.45, 2.75) is 51.0 Å². The van der Waals surface area contributed by atoms with Crippen LogP contribution >= 0.6 is 0 Å². The lowest BCUT2D eigenvalue weighted by molar-refractivity contribution is 0.108. The van der Waals surface area contributed by atoms with Crippen LogP contribution in [0.1, 0.15) is 45.4 Å². The molecule has 2 aromatic heterocycles. The quantitative estimate of drug-likeness (QED) is 0.254. The number of ether oxygens (including phenoxy) is 1. The monoisotopic (exact) mass is 566 g/mol. The highest BCUT2D eigenvalue weighted by Crippen LogP contribution is 2.47. The van der Waals surface area contributed by atoms with Crippen molar-refractivity contribution in [3.8, 4) is 17.3 Å². The number of halogens is 2. The van der Waals surface area contributed by atoms with Gasteiger partial charge in [-0.1, -0.05) is 49.4 Å². The Hall–Kier alpha value is -3.65. The molecule has 3 saturated heterocycles. The number of aromatic nitrogens is 3. The third-order valence-electron chi connectivity index (χ3n) is 10.1. The molecule has 0 N–H and O–H groups in total. The van der Waals surface area contributed by atoms with Gasteiger partial charge in [0.05, 0.1) is 10.9 Å². The smallest absolute Gasteiger partial charge is 0.319 e. The topological polar surface area (TPSA) is 54.4 Å². The summed E-state index contributed by atoms with van der Waals surface area (Å²) in [5.41, 5.74) is 0.673. The van der Waals surface area contributed by atoms with Crippen molar-refractivity contribution in [1.29, 1.82) is 0 Å². The highest BCUT2D eigenvalue weighted by atomic mass is 19.1. The SMILES string of the molecule is CC1([C]2C=C2)CCCN(c2nc(OCC34CCCN3CCC4)nc3c(F)c(-c4cccc5cccc(F)c45)ncc23)C1. The maximum absolute atomic E-state index is 16.6. The van der Waals surface area contributed by atoms with Crippen LogP contribution in [0.5, 0.6) is 6.01 Å². The molecule has 8 rings (SSSR count). The number of hydrogen-bond acceptors (Lipinski definition) is 6. The van der Waals surface area contributed by atoms with Gasteiger partial charge in [0.1, 0.15) is 29.5 Å². The lowest BCUT2D eigenvalue weighted by Crippen LogP contribution is -2.44. The first kappa shape index (κ1) is 26.0. The maximum Gasteiger partial charge on any atom is 0.319 e. The van der Waals surface area contributed by atoms with E-state index in [1.807, 2.05) is 12.1 Å². The van der Waals surface area contributed by atoms with E-state index in [1.165, 1.54) is 12.0 Å². The van der Waals surface area contributed by atoms with Crippen molar-refractivity contribution >= 4 is 27.5 Å². The van der Waals surface area contributed by atoms with E-state index < -0.39 is 11.6 Å². The fourth-order valence-electron chi connectivity index (χ4n) is 7.77. The standard InChI is InChI=1S/C34H34F2N5O/c1-33(23-11-12-23)13-4-16-40(20-33)31-25-19-37-29(24-9-2-7-22-8-3-10-26(35)27(22)24)28(36)30(25)38-32(39-31)42-21-34-14-5-17-41(34)18-6-15-34/h2-3,7-12,19H,4-6,13-18,20-21H2,1H3. The number of piperidine rings is 1. The fraction of sp³-hybridized carbons (Fsp3) is 0.412. The molecule has 6 nitrogen and oxygen atoms in total. The summed E-state index contributed by atoms with van der Waals surface area (Å²) in [5.74, 6) is 1.02. The predicted octanol–water partition coefficient (Wildman–Crippen LogP) is 6.88. The Kier molecular flexibility index (Phi) is 6.00. The van der Waals surface area contributed by atoms with Crippen LogP contribution in [0.3, 0.4) is 0 Å². The average molecular weight is 567 g/mol. The summed E-state index contributed by atoms with van der Waals surface area (Å²) in [6.45, 7) is 6.55. The van der Waals surface area contributed by atoms with Gasteiger partial charge < -0.3 is 9.64 Å². The molecule has 0 saturated carbocycles. The Morgan fingerprint density at radius 3 is 2.48 bits per heavy atom. The van der Waals surface area contributed by atoms with Crippen molar-refractivity contribution in [1.82, 2.24) is 19.9 Å². The molecule has 42 heavy (non-hydrogen) atoms. The van der Waals surface area contributed by atoms with Crippen molar-refractivity contribution < 1.29 is 13.5 Å². The van der Waals surface area contributed by atoms with Crippen LogP contribution in [0.25, 0.3) is 32.9 Å². The Balaban J connectivity index is 1.25. The molecule has 215 valence electrons. The molecule has 8 heteroatoms. The second kappa shape index (κ2) is 9.69. The molecule has 0 amide bonds. The molecule has 1 unspecified atom stereocenters. The third-order valence-corrected chi connectivity index (χ3v) is 10.1. The van der Waals surface area contributed by atoms with Crippen LogP contribution in [0.4, 0.5) is 14.6 Å². The zero-order chi connectivity index (χ0) is 28.5. The number of allylic oxidation sites excluding steroid dienone is 2. The average Bonchev–Trinajstić information content (AvgIpc) is 3.68. The van der Waals surface area contributed by atoms with Gasteiger partial charge in [0.2, 0.25) is 0 Å². The second-order valence-electron chi connectivity index (χ2n) is 12.7. The van der Waals surface area contributed by atoms with Gasteiger partial charge in [0.25, 0.3) is 0 Å². The molecular formula is C34H34F2N5O. The van der Waals surface area contributed by atoms with Crippen LogP contribution in [0, 0.1) is 23.0 Å². The molecule has 0 spiro atoms. The second-order valence-corrected chi connectivity index (χ2v) is 12.7. The molecule has 0 bridgehead atoms. The first-order valence-electron chi connectivity index (χ1n) is 15.2. The number of hydrogen-bond donors (Lipinski definition) is 0. The van der Waals surface area contributed by atoms with Gasteiger partial charge in [0.15, 0.2) is 5.82 Å². The number of pyridine rings is 1. The number of fused-ring (bicyclic) bond motifs is 3. The molecule has 4 aliphatic rings. The minimum Gasteiger partial charge on any atom is -0.461 e. The first-order chi connectivity index (χ1) is 20.4. The third kappa shape index (κ3) is 4.17. The van der Waals surface area contributed by atoms with E-state index in [0.29, 0.717) is 34.1 Å². The van der Waals surface area contributed by atoms with Gasteiger partial charge in [-0.15, -0.1) is 0 Å². The largest absolute Gasteiger partial charge is 0.461 e. The molecule has 1 aliphatic carbocycles. The number of rotatable bonds is 6. The maximum atomic E-state index is 16.6. The lowest BCUT2D eigenvalue weighted by atomic mass is 9.76. The Morgan fingerprint density at radius 2 is 1.69 bits per heavy atom. The lowest BCUT2D eigenvalue weighted by Gasteiger charge is -2.41. The zero-order valence-corrected chi connectivity index (χ0v) is 23.9. The molecule has 5 heterocycles. The zero-order valence-electron chi connectivity index (χ0n) is 23.9. The number of benzene rings is 2. The van der Waals surface area contributed by atoms with Gasteiger partial charge in [-0.05, 0) is 68.5 Å². The van der Waals surface area contributed by atoms with Gasteiger partial charge >= 0.3 is 6.01 Å². The van der Waals surface area contributed by atoms with E-state index in [-0.39, 0.29) is 28.2 Å². The van der Waals surface area contributed by atoms with E-state index in [2.05, 4.69) is 38.8 Å². The summed E-state index contributed by atoms with van der Waals surface area (Å²) in [6.07, 6.45) is 12.6. The normalized spacial score (nSPS) is 23.6. The van der Waals surface area contributed by atoms with Crippen LogP contribution < -0.4 is 9.64 Å². The van der Waals surface area contributed by atoms with Crippen molar-refractivity contribution in [2.24, 2.45) is 5.41 Å². The van der Waals surface area contributed by atoms with Gasteiger partial charge in [-0.3, -0.25) is 9.88 Å². The predicted molar refractivity (Wildman–Crippen MR) is 160 cm³/mol. The van der Waals surface area contributed by atoms with E-state index in [4.69, 9.17) is 9.72 Å². The molecule has 4 aromatic rings. The Labute approximate surface area is 244 Å². The number of nitrogens with zero attached hydrogens (tertiary/aromatic N) is 5. The summed E-state index contributed by atoms with van der Waals surface area (Å²) < 4.78 is 38.0. The van der Waals surface area contributed by atoms with Crippen molar-refractivity contribution in [2.75, 3.05) is 37.7 Å². The first-order valence-corrected chi connectivity index (χ1v) is 15.2. The summed E-state index contributed by atoms with van der Waals surface area (Å²) in [5, 5.41) is 1.58. The van der Waals surface area contributed by atoms with Crippen LogP contribution in [-0.2, 0) is 0 Å². The van der Waals surface area contributed by atoms with E-state index >= 15 is 8.78 Å². The Bertz CT molecular complexity index is 1720. The minimum atomic E-state index is -0.587. The van der Waals surface area contributed by atoms with Crippen molar-refractivity contribution in [3.05, 3.63) is 72.3 Å². The van der Waals surface area contributed by atoms with Gasteiger partial charge in [0, 0.05) is 36.2 Å². The molecule has 3 fully saturated rings. The number of anilines is 1. The summed E-state index contributed by atoms with van der Waals surface area (Å²) in [6, 6.07) is 10.4. The van der Waals surface area contributed by atoms with Crippen LogP contribution in [-0.4, -0.2) is 58.2 Å². The minimum absolute atomic E-state index is 0.0128. The molecule has 2 aromatic carbocycles. The highest BCUT2D eigenvalue weighted by Gasteiger charge is 2.45. The Morgan fingerprint density at radius 1 is 0.929 bits per heavy atom. The fourth-order valence-corrected chi connectivity index (χ4v) is 7.77. The molecule has 1 radical (unpaired) electrons. The highest BCUT2D eigenvalue weighted by molar-refractivity contribution is 5.99. The molecule has 3 aliphatic heterocycles. The van der Waals surface area contributed by atoms with Crippen LogP contribution in [0.2, 0.25) is 0 Å². The van der Waals surface area contributed by atoms with Gasteiger partial charge in [-0.2, -0.15) is 9.97 Å². The summed E-state index contributed by atoms with van der Waals surface area (Å²) in [7, 11) is 0.